The second-order valence-electron chi connectivity index (χ2n) is 2.14. The van der Waals surface area contributed by atoms with Crippen LogP contribution < -0.4 is 5.48 Å². The van der Waals surface area contributed by atoms with Gasteiger partial charge in [0.15, 0.2) is 6.29 Å². The van der Waals surface area contributed by atoms with Gasteiger partial charge in [-0.25, -0.2) is 5.48 Å². The molecular formula is C7H5BrN2O3. The van der Waals surface area contributed by atoms with E-state index in [0.29, 0.717) is 10.8 Å². The number of rotatable bonds is 2. The van der Waals surface area contributed by atoms with Crippen molar-refractivity contribution in [3.8, 4) is 0 Å². The third-order valence-corrected chi connectivity index (χ3v) is 1.99. The zero-order chi connectivity index (χ0) is 9.84. The molecule has 0 fully saturated rings. The fourth-order valence-electron chi connectivity index (χ4n) is 0.835. The third-order valence-electron chi connectivity index (χ3n) is 1.38. The average molecular weight is 245 g/mol. The summed E-state index contributed by atoms with van der Waals surface area (Å²) in [6.07, 6.45) is 3.09. The number of hydroxylamine groups is 1. The minimum Gasteiger partial charge on any atom is -0.298 e. The molecule has 13 heavy (non-hydrogen) atoms. The van der Waals surface area contributed by atoms with Gasteiger partial charge in [0, 0.05) is 22.4 Å². The Hall–Kier alpha value is -1.27. The number of aromatic nitrogens is 1. The number of carbonyl (C=O) groups excluding carboxylic acids is 2. The van der Waals surface area contributed by atoms with Gasteiger partial charge in [-0.1, -0.05) is 0 Å². The number of carbonyl (C=O) groups is 2. The topological polar surface area (TPSA) is 79.3 Å². The number of hydrogen-bond donors (Lipinski definition) is 2. The molecule has 0 saturated carbocycles. The SMILES string of the molecule is O=Cc1cncc(Br)c1C(=O)NO. The van der Waals surface area contributed by atoms with Crippen LogP contribution in [0.5, 0.6) is 0 Å². The molecule has 0 bridgehead atoms. The predicted octanol–water partition coefficient (Wildman–Crippen LogP) is 0.776. The van der Waals surface area contributed by atoms with Gasteiger partial charge in [0.1, 0.15) is 0 Å². The van der Waals surface area contributed by atoms with Gasteiger partial charge in [-0.3, -0.25) is 19.8 Å². The molecule has 1 aromatic heterocycles. The van der Waals surface area contributed by atoms with Gasteiger partial charge in [-0.05, 0) is 15.9 Å². The average Bonchev–Trinajstić information content (AvgIpc) is 2.16. The third kappa shape index (κ3) is 1.90. The number of pyridine rings is 1. The largest absolute Gasteiger partial charge is 0.298 e. The normalized spacial score (nSPS) is 9.38. The number of nitrogens with one attached hydrogen (secondary N) is 1. The van der Waals surface area contributed by atoms with Crippen molar-refractivity contribution in [1.29, 1.82) is 0 Å². The molecule has 6 heteroatoms. The Morgan fingerprint density at radius 2 is 2.31 bits per heavy atom. The van der Waals surface area contributed by atoms with Crippen molar-refractivity contribution in [2.24, 2.45) is 0 Å². The summed E-state index contributed by atoms with van der Waals surface area (Å²) in [5.74, 6) is -0.753. The van der Waals surface area contributed by atoms with E-state index in [1.54, 1.807) is 0 Å². The molecule has 5 nitrogen and oxygen atoms in total. The van der Waals surface area contributed by atoms with Crippen LogP contribution in [0.1, 0.15) is 20.7 Å². The van der Waals surface area contributed by atoms with E-state index in [0.717, 1.165) is 0 Å². The van der Waals surface area contributed by atoms with Gasteiger partial charge >= 0.3 is 0 Å². The van der Waals surface area contributed by atoms with E-state index in [4.69, 9.17) is 5.21 Å². The number of amides is 1. The lowest BCUT2D eigenvalue weighted by atomic mass is 10.1. The highest BCUT2D eigenvalue weighted by molar-refractivity contribution is 9.10. The van der Waals surface area contributed by atoms with Crippen LogP contribution in [0, 0.1) is 0 Å². The van der Waals surface area contributed by atoms with Gasteiger partial charge in [0.25, 0.3) is 5.91 Å². The highest BCUT2D eigenvalue weighted by atomic mass is 79.9. The van der Waals surface area contributed by atoms with E-state index in [1.807, 2.05) is 0 Å². The maximum Gasteiger partial charge on any atom is 0.276 e. The van der Waals surface area contributed by atoms with Crippen molar-refractivity contribution in [3.63, 3.8) is 0 Å². The summed E-state index contributed by atoms with van der Waals surface area (Å²) >= 11 is 3.04. The van der Waals surface area contributed by atoms with Crippen molar-refractivity contribution >= 4 is 28.1 Å². The molecule has 0 unspecified atom stereocenters. The molecule has 0 spiro atoms. The molecule has 68 valence electrons. The van der Waals surface area contributed by atoms with Crippen molar-refractivity contribution in [3.05, 3.63) is 28.0 Å². The van der Waals surface area contributed by atoms with Crippen molar-refractivity contribution in [1.82, 2.24) is 10.5 Å². The summed E-state index contributed by atoms with van der Waals surface area (Å²) in [5.41, 5.74) is 1.62. The van der Waals surface area contributed by atoms with Crippen molar-refractivity contribution in [2.45, 2.75) is 0 Å². The molecule has 2 N–H and O–H groups in total. The Kier molecular flexibility index (Phi) is 3.10. The summed E-state index contributed by atoms with van der Waals surface area (Å²) < 4.78 is 0.351. The molecule has 1 aromatic rings. The molecule has 0 radical (unpaired) electrons. The second-order valence-corrected chi connectivity index (χ2v) is 3.00. The van der Waals surface area contributed by atoms with Gasteiger partial charge < -0.3 is 0 Å². The van der Waals surface area contributed by atoms with Crippen LogP contribution in [-0.2, 0) is 0 Å². The van der Waals surface area contributed by atoms with Crippen LogP contribution in [0.3, 0.4) is 0 Å². The Labute approximate surface area is 81.9 Å². The van der Waals surface area contributed by atoms with Gasteiger partial charge in [-0.15, -0.1) is 0 Å². The summed E-state index contributed by atoms with van der Waals surface area (Å²) in [6, 6.07) is 0. The molecule has 1 amide bonds. The molecule has 0 aliphatic rings. The summed E-state index contributed by atoms with van der Waals surface area (Å²) in [6.45, 7) is 0. The van der Waals surface area contributed by atoms with Gasteiger partial charge in [-0.2, -0.15) is 0 Å². The highest BCUT2D eigenvalue weighted by Gasteiger charge is 2.14. The number of aldehydes is 1. The number of hydrogen-bond acceptors (Lipinski definition) is 4. The lowest BCUT2D eigenvalue weighted by Gasteiger charge is -2.03. The van der Waals surface area contributed by atoms with E-state index in [1.165, 1.54) is 17.9 Å². The van der Waals surface area contributed by atoms with Crippen LogP contribution in [0.15, 0.2) is 16.9 Å². The second kappa shape index (κ2) is 4.11. The maximum atomic E-state index is 11.0. The molecule has 1 heterocycles. The zero-order valence-corrected chi connectivity index (χ0v) is 7.91. The molecular weight excluding hydrogens is 240 g/mol. The fourth-order valence-corrected chi connectivity index (χ4v) is 1.36. The first kappa shape index (κ1) is 9.82. The Bertz CT molecular complexity index is 354. The monoisotopic (exact) mass is 244 g/mol. The molecule has 1 rings (SSSR count). The minimum absolute atomic E-state index is 0.0625. The zero-order valence-electron chi connectivity index (χ0n) is 6.32. The van der Waals surface area contributed by atoms with Gasteiger partial charge in [0.2, 0.25) is 0 Å². The van der Waals surface area contributed by atoms with Gasteiger partial charge in [0.05, 0.1) is 5.56 Å². The lowest BCUT2D eigenvalue weighted by molar-refractivity contribution is 0.0703. The molecule has 0 aromatic carbocycles. The van der Waals surface area contributed by atoms with E-state index < -0.39 is 5.91 Å². The molecule has 0 saturated heterocycles. The van der Waals surface area contributed by atoms with Crippen LogP contribution in [0.4, 0.5) is 0 Å². The Morgan fingerprint density at radius 3 is 2.85 bits per heavy atom. The summed E-state index contributed by atoms with van der Waals surface area (Å²) in [5, 5.41) is 8.38. The van der Waals surface area contributed by atoms with Crippen molar-refractivity contribution in [2.75, 3.05) is 0 Å². The first-order valence-electron chi connectivity index (χ1n) is 3.23. The molecule has 0 aliphatic heterocycles. The highest BCUT2D eigenvalue weighted by Crippen LogP contribution is 2.17. The predicted molar refractivity (Wildman–Crippen MR) is 46.6 cm³/mol. The fraction of sp³-hybridized carbons (Fsp3) is 0. The number of halogens is 1. The van der Waals surface area contributed by atoms with E-state index >= 15 is 0 Å². The smallest absolute Gasteiger partial charge is 0.276 e. The lowest BCUT2D eigenvalue weighted by Crippen LogP contribution is -2.21. The molecule has 0 atom stereocenters. The quantitative estimate of drug-likeness (QED) is 0.458. The van der Waals surface area contributed by atoms with Crippen LogP contribution in [0.2, 0.25) is 0 Å². The standard InChI is InChI=1S/C7H5BrN2O3/c8-5-2-9-1-4(3-11)6(5)7(12)10-13/h1-3,13H,(H,10,12). The summed E-state index contributed by atoms with van der Waals surface area (Å²) in [4.78, 5) is 25.2. The maximum absolute atomic E-state index is 11.0. The van der Waals surface area contributed by atoms with Crippen LogP contribution in [0.25, 0.3) is 0 Å². The van der Waals surface area contributed by atoms with Crippen LogP contribution >= 0.6 is 15.9 Å². The Balaban J connectivity index is 3.30. The summed E-state index contributed by atoms with van der Waals surface area (Å²) in [7, 11) is 0. The van der Waals surface area contributed by atoms with Crippen LogP contribution in [-0.4, -0.2) is 22.4 Å². The first-order valence-corrected chi connectivity index (χ1v) is 4.03. The minimum atomic E-state index is -0.753. The van der Waals surface area contributed by atoms with E-state index in [9.17, 15) is 9.59 Å². The Morgan fingerprint density at radius 1 is 1.62 bits per heavy atom. The number of nitrogens with zero attached hydrogens (tertiary/aromatic N) is 1. The van der Waals surface area contributed by atoms with E-state index in [2.05, 4.69) is 20.9 Å². The molecule has 0 aliphatic carbocycles. The van der Waals surface area contributed by atoms with Crippen molar-refractivity contribution < 1.29 is 14.8 Å². The van der Waals surface area contributed by atoms with E-state index in [-0.39, 0.29) is 11.1 Å². The first-order chi connectivity index (χ1) is 6.20.